The number of hydrogen-bond donors (Lipinski definition) is 3. The van der Waals surface area contributed by atoms with Gasteiger partial charge in [0.1, 0.15) is 6.10 Å². The maximum Gasteiger partial charge on any atom is 0.253 e. The van der Waals surface area contributed by atoms with Gasteiger partial charge in [-0.2, -0.15) is 0 Å². The van der Waals surface area contributed by atoms with Crippen LogP contribution in [0.15, 0.2) is 0 Å². The minimum absolute atomic E-state index is 0.619. The number of carbonyl (C=O) groups is 1. The molecule has 0 aromatic rings. The van der Waals surface area contributed by atoms with Crippen LogP contribution in [0.2, 0.25) is 0 Å². The zero-order valence-electron chi connectivity index (χ0n) is 6.56. The molecule has 0 heterocycles. The SMILES string of the molecule is CN(C)C(=O)C(O)C(O)CO. The summed E-state index contributed by atoms with van der Waals surface area (Å²) in [5, 5.41) is 26.1. The third-order valence-electron chi connectivity index (χ3n) is 1.25. The lowest BCUT2D eigenvalue weighted by Crippen LogP contribution is -2.43. The van der Waals surface area contributed by atoms with Gasteiger partial charge in [0.15, 0.2) is 6.10 Å². The number of hydrogen-bond acceptors (Lipinski definition) is 4. The standard InChI is InChI=1S/C6H13NO4/c1-7(2)6(11)5(10)4(9)3-8/h4-5,8-10H,3H2,1-2H3. The molecular formula is C6H13NO4. The number of nitrogens with zero attached hydrogens (tertiary/aromatic N) is 1. The van der Waals surface area contributed by atoms with E-state index in [1.807, 2.05) is 0 Å². The van der Waals surface area contributed by atoms with Gasteiger partial charge in [0.05, 0.1) is 6.61 Å². The van der Waals surface area contributed by atoms with Crippen molar-refractivity contribution in [3.8, 4) is 0 Å². The van der Waals surface area contributed by atoms with Crippen LogP contribution in [0.3, 0.4) is 0 Å². The molecule has 0 radical (unpaired) electrons. The first kappa shape index (κ1) is 10.3. The van der Waals surface area contributed by atoms with Crippen molar-refractivity contribution in [3.05, 3.63) is 0 Å². The molecule has 0 aromatic heterocycles. The molecule has 2 atom stereocenters. The quantitative estimate of drug-likeness (QED) is 0.440. The first-order valence-electron chi connectivity index (χ1n) is 3.19. The van der Waals surface area contributed by atoms with E-state index in [4.69, 9.17) is 15.3 Å². The van der Waals surface area contributed by atoms with Crippen molar-refractivity contribution in [2.24, 2.45) is 0 Å². The molecule has 1 amide bonds. The number of rotatable bonds is 3. The van der Waals surface area contributed by atoms with Crippen LogP contribution >= 0.6 is 0 Å². The van der Waals surface area contributed by atoms with E-state index in [0.29, 0.717) is 0 Å². The Bertz CT molecular complexity index is 137. The van der Waals surface area contributed by atoms with Crippen LogP contribution in [-0.2, 0) is 4.79 Å². The van der Waals surface area contributed by atoms with Crippen LogP contribution < -0.4 is 0 Å². The van der Waals surface area contributed by atoms with Gasteiger partial charge in [-0.25, -0.2) is 0 Å². The Morgan fingerprint density at radius 1 is 1.45 bits per heavy atom. The summed E-state index contributed by atoms with van der Waals surface area (Å²) in [6, 6.07) is 0. The molecule has 0 aliphatic heterocycles. The lowest BCUT2D eigenvalue weighted by Gasteiger charge is -2.18. The normalized spacial score (nSPS) is 15.7. The molecule has 0 rings (SSSR count). The minimum Gasteiger partial charge on any atom is -0.394 e. The Kier molecular flexibility index (Phi) is 4.02. The maximum absolute atomic E-state index is 10.8. The van der Waals surface area contributed by atoms with Crippen molar-refractivity contribution in [2.75, 3.05) is 20.7 Å². The van der Waals surface area contributed by atoms with E-state index in [2.05, 4.69) is 0 Å². The summed E-state index contributed by atoms with van der Waals surface area (Å²) in [5.74, 6) is -0.619. The van der Waals surface area contributed by atoms with Gasteiger partial charge in [-0.05, 0) is 0 Å². The van der Waals surface area contributed by atoms with Crippen molar-refractivity contribution < 1.29 is 20.1 Å². The molecular weight excluding hydrogens is 150 g/mol. The van der Waals surface area contributed by atoms with Gasteiger partial charge in [0, 0.05) is 14.1 Å². The highest BCUT2D eigenvalue weighted by molar-refractivity contribution is 5.80. The molecule has 0 aromatic carbocycles. The van der Waals surface area contributed by atoms with E-state index in [-0.39, 0.29) is 0 Å². The summed E-state index contributed by atoms with van der Waals surface area (Å²) in [5.41, 5.74) is 0. The van der Waals surface area contributed by atoms with Crippen LogP contribution in [0.5, 0.6) is 0 Å². The molecule has 0 saturated carbocycles. The third kappa shape index (κ3) is 2.83. The zero-order valence-corrected chi connectivity index (χ0v) is 6.56. The van der Waals surface area contributed by atoms with Gasteiger partial charge in [0.2, 0.25) is 0 Å². The summed E-state index contributed by atoms with van der Waals surface area (Å²) in [7, 11) is 2.91. The predicted molar refractivity (Wildman–Crippen MR) is 37.8 cm³/mol. The molecule has 3 N–H and O–H groups in total. The monoisotopic (exact) mass is 163 g/mol. The molecule has 0 bridgehead atoms. The summed E-state index contributed by atoms with van der Waals surface area (Å²) in [6.07, 6.45) is -2.93. The Morgan fingerprint density at radius 3 is 2.18 bits per heavy atom. The van der Waals surface area contributed by atoms with Gasteiger partial charge in [-0.1, -0.05) is 0 Å². The molecule has 2 unspecified atom stereocenters. The smallest absolute Gasteiger partial charge is 0.253 e. The molecule has 0 saturated heterocycles. The maximum atomic E-state index is 10.8. The average molecular weight is 163 g/mol. The van der Waals surface area contributed by atoms with E-state index in [1.54, 1.807) is 0 Å². The largest absolute Gasteiger partial charge is 0.394 e. The topological polar surface area (TPSA) is 81.0 Å². The fourth-order valence-corrected chi connectivity index (χ4v) is 0.529. The van der Waals surface area contributed by atoms with Crippen molar-refractivity contribution in [1.82, 2.24) is 4.90 Å². The Balaban J connectivity index is 4.02. The zero-order chi connectivity index (χ0) is 9.02. The van der Waals surface area contributed by atoms with E-state index in [9.17, 15) is 4.79 Å². The first-order valence-corrected chi connectivity index (χ1v) is 3.19. The molecule has 0 aliphatic carbocycles. The van der Waals surface area contributed by atoms with Gasteiger partial charge in [-0.3, -0.25) is 4.79 Å². The minimum atomic E-state index is -1.53. The van der Waals surface area contributed by atoms with Crippen molar-refractivity contribution >= 4 is 5.91 Å². The third-order valence-corrected chi connectivity index (χ3v) is 1.25. The number of aliphatic hydroxyl groups is 3. The van der Waals surface area contributed by atoms with Crippen molar-refractivity contribution in [3.63, 3.8) is 0 Å². The van der Waals surface area contributed by atoms with Gasteiger partial charge < -0.3 is 20.2 Å². The van der Waals surface area contributed by atoms with E-state index < -0.39 is 24.7 Å². The Morgan fingerprint density at radius 2 is 1.91 bits per heavy atom. The summed E-state index contributed by atoms with van der Waals surface area (Å²) in [4.78, 5) is 12.0. The van der Waals surface area contributed by atoms with Crippen LogP contribution in [-0.4, -0.2) is 59.0 Å². The Hall–Kier alpha value is -0.650. The second-order valence-electron chi connectivity index (χ2n) is 2.43. The molecule has 5 heteroatoms. The highest BCUT2D eigenvalue weighted by atomic mass is 16.4. The fourth-order valence-electron chi connectivity index (χ4n) is 0.529. The second-order valence-corrected chi connectivity index (χ2v) is 2.43. The lowest BCUT2D eigenvalue weighted by atomic mass is 10.2. The highest BCUT2D eigenvalue weighted by Crippen LogP contribution is 1.95. The van der Waals surface area contributed by atoms with Crippen LogP contribution in [0, 0.1) is 0 Å². The van der Waals surface area contributed by atoms with Crippen LogP contribution in [0.25, 0.3) is 0 Å². The number of likely N-dealkylation sites (N-methyl/N-ethyl adjacent to an activating group) is 1. The number of aliphatic hydroxyl groups excluding tert-OH is 3. The fraction of sp³-hybridized carbons (Fsp3) is 0.833. The number of amides is 1. The first-order chi connectivity index (χ1) is 5.00. The lowest BCUT2D eigenvalue weighted by molar-refractivity contribution is -0.145. The average Bonchev–Trinajstić information content (AvgIpc) is 2.00. The molecule has 11 heavy (non-hydrogen) atoms. The second kappa shape index (κ2) is 4.27. The van der Waals surface area contributed by atoms with Crippen LogP contribution in [0.1, 0.15) is 0 Å². The van der Waals surface area contributed by atoms with Gasteiger partial charge in [0.25, 0.3) is 5.91 Å². The predicted octanol–water partition coefficient (Wildman–Crippen LogP) is -2.21. The molecule has 5 nitrogen and oxygen atoms in total. The molecule has 66 valence electrons. The van der Waals surface area contributed by atoms with Crippen molar-refractivity contribution in [2.45, 2.75) is 12.2 Å². The number of carbonyl (C=O) groups excluding carboxylic acids is 1. The Labute approximate surface area is 64.9 Å². The summed E-state index contributed by atoms with van der Waals surface area (Å²) in [6.45, 7) is -0.624. The highest BCUT2D eigenvalue weighted by Gasteiger charge is 2.24. The van der Waals surface area contributed by atoms with E-state index in [1.165, 1.54) is 14.1 Å². The molecule has 0 fully saturated rings. The van der Waals surface area contributed by atoms with Gasteiger partial charge >= 0.3 is 0 Å². The van der Waals surface area contributed by atoms with Crippen LogP contribution in [0.4, 0.5) is 0 Å². The van der Waals surface area contributed by atoms with Crippen molar-refractivity contribution in [1.29, 1.82) is 0 Å². The molecule has 0 spiro atoms. The van der Waals surface area contributed by atoms with E-state index in [0.717, 1.165) is 4.90 Å². The summed E-state index contributed by atoms with van der Waals surface area (Å²) >= 11 is 0. The molecule has 0 aliphatic rings. The van der Waals surface area contributed by atoms with Gasteiger partial charge in [-0.15, -0.1) is 0 Å². The summed E-state index contributed by atoms with van der Waals surface area (Å²) < 4.78 is 0. The van der Waals surface area contributed by atoms with E-state index >= 15 is 0 Å².